The van der Waals surface area contributed by atoms with E-state index in [1.165, 1.54) is 17.1 Å². The first-order chi connectivity index (χ1) is 11.2. The lowest BCUT2D eigenvalue weighted by Crippen LogP contribution is -2.33. The molecule has 1 aliphatic carbocycles. The van der Waals surface area contributed by atoms with Gasteiger partial charge in [0.1, 0.15) is 11.5 Å². The number of hydrogen-bond acceptors (Lipinski definition) is 3. The quantitative estimate of drug-likeness (QED) is 0.817. The van der Waals surface area contributed by atoms with Crippen molar-refractivity contribution in [2.75, 3.05) is 0 Å². The van der Waals surface area contributed by atoms with Gasteiger partial charge in [0.2, 0.25) is 0 Å². The maximum atomic E-state index is 11.9. The third kappa shape index (κ3) is 2.42. The lowest BCUT2D eigenvalue weighted by atomic mass is 10.1. The molecule has 0 fully saturated rings. The average Bonchev–Trinajstić information content (AvgIpc) is 3.11. The minimum Gasteiger partial charge on any atom is -0.457 e. The largest absolute Gasteiger partial charge is 0.457 e. The van der Waals surface area contributed by atoms with Crippen molar-refractivity contribution in [2.24, 2.45) is 0 Å². The van der Waals surface area contributed by atoms with E-state index in [1.807, 2.05) is 48.5 Å². The topological polar surface area (TPSA) is 46.6 Å². The number of carbonyl (C=O) groups excluding carboxylic acids is 2. The smallest absolute Gasteiger partial charge is 0.254 e. The summed E-state index contributed by atoms with van der Waals surface area (Å²) in [7, 11) is 0. The Morgan fingerprint density at radius 1 is 0.913 bits per heavy atom. The molecular formula is C19H15NO3. The molecule has 2 aliphatic rings. The number of ether oxygens (including phenoxy) is 1. The molecular weight excluding hydrogens is 290 g/mol. The highest BCUT2D eigenvalue weighted by molar-refractivity contribution is 6.13. The number of benzene rings is 2. The molecule has 4 rings (SSSR count). The van der Waals surface area contributed by atoms with Crippen LogP contribution in [0, 0.1) is 0 Å². The summed E-state index contributed by atoms with van der Waals surface area (Å²) in [6, 6.07) is 15.3. The molecule has 0 saturated heterocycles. The van der Waals surface area contributed by atoms with Gasteiger partial charge in [0, 0.05) is 12.2 Å². The number of nitrogens with zero attached hydrogens (tertiary/aromatic N) is 1. The highest BCUT2D eigenvalue weighted by Gasteiger charge is 2.36. The van der Waals surface area contributed by atoms with Gasteiger partial charge < -0.3 is 4.74 Å². The summed E-state index contributed by atoms with van der Waals surface area (Å²) in [5.41, 5.74) is 2.17. The number of para-hydroxylation sites is 1. The minimum absolute atomic E-state index is 0.161. The molecule has 0 aromatic heterocycles. The minimum atomic E-state index is -0.225. The number of aryl methyl sites for hydroxylation is 1. The number of carbonyl (C=O) groups is 2. The van der Waals surface area contributed by atoms with Crippen LogP contribution in [0.5, 0.6) is 11.5 Å². The van der Waals surface area contributed by atoms with Crippen LogP contribution in [-0.2, 0) is 16.0 Å². The van der Waals surface area contributed by atoms with Crippen molar-refractivity contribution in [3.63, 3.8) is 0 Å². The maximum absolute atomic E-state index is 11.9. The Kier molecular flexibility index (Phi) is 3.23. The van der Waals surface area contributed by atoms with E-state index in [1.54, 1.807) is 0 Å². The van der Waals surface area contributed by atoms with Crippen LogP contribution in [-0.4, -0.2) is 16.7 Å². The van der Waals surface area contributed by atoms with Crippen molar-refractivity contribution in [1.29, 1.82) is 0 Å². The Morgan fingerprint density at radius 3 is 2.39 bits per heavy atom. The van der Waals surface area contributed by atoms with Gasteiger partial charge in [-0.15, -0.1) is 0 Å². The fraction of sp³-hybridized carbons (Fsp3) is 0.158. The molecule has 1 heterocycles. The summed E-state index contributed by atoms with van der Waals surface area (Å²) in [6.07, 6.45) is 4.28. The van der Waals surface area contributed by atoms with Gasteiger partial charge >= 0.3 is 0 Å². The molecule has 2 aromatic rings. The van der Waals surface area contributed by atoms with Crippen molar-refractivity contribution >= 4 is 11.8 Å². The maximum Gasteiger partial charge on any atom is 0.254 e. The number of amides is 2. The molecule has 1 aliphatic heterocycles. The molecule has 0 unspecified atom stereocenters. The van der Waals surface area contributed by atoms with Crippen LogP contribution in [0.3, 0.4) is 0 Å². The SMILES string of the molecule is O=C1C=CC(=O)N1[C@H]1CCc2cc(Oc3ccccc3)ccc21. The van der Waals surface area contributed by atoms with Gasteiger partial charge in [-0.3, -0.25) is 14.5 Å². The van der Waals surface area contributed by atoms with Gasteiger partial charge in [-0.25, -0.2) is 0 Å². The molecule has 0 radical (unpaired) electrons. The molecule has 0 bridgehead atoms. The van der Waals surface area contributed by atoms with Gasteiger partial charge in [0.15, 0.2) is 0 Å². The number of fused-ring (bicyclic) bond motifs is 1. The Bertz CT molecular complexity index is 793. The van der Waals surface area contributed by atoms with Crippen molar-refractivity contribution in [3.8, 4) is 11.5 Å². The van der Waals surface area contributed by atoms with Crippen molar-refractivity contribution in [2.45, 2.75) is 18.9 Å². The van der Waals surface area contributed by atoms with Gasteiger partial charge in [-0.05, 0) is 48.2 Å². The Balaban J connectivity index is 1.59. The molecule has 2 amide bonds. The molecule has 23 heavy (non-hydrogen) atoms. The standard InChI is InChI=1S/C19H15NO3/c21-18-10-11-19(22)20(18)17-9-6-13-12-15(7-8-16(13)17)23-14-4-2-1-3-5-14/h1-5,7-8,10-12,17H,6,9H2/t17-/m0/s1. The van der Waals surface area contributed by atoms with Crippen LogP contribution in [0.25, 0.3) is 0 Å². The van der Waals surface area contributed by atoms with Crippen LogP contribution in [0.2, 0.25) is 0 Å². The summed E-state index contributed by atoms with van der Waals surface area (Å²) in [5, 5.41) is 0. The normalized spacial score (nSPS) is 19.3. The number of hydrogen-bond donors (Lipinski definition) is 0. The van der Waals surface area contributed by atoms with E-state index < -0.39 is 0 Å². The van der Waals surface area contributed by atoms with Gasteiger partial charge in [0.25, 0.3) is 11.8 Å². The van der Waals surface area contributed by atoms with Crippen LogP contribution >= 0.6 is 0 Å². The summed E-state index contributed by atoms with van der Waals surface area (Å²) >= 11 is 0. The van der Waals surface area contributed by atoms with Crippen molar-refractivity contribution in [1.82, 2.24) is 4.90 Å². The molecule has 114 valence electrons. The lowest BCUT2D eigenvalue weighted by Gasteiger charge is -2.22. The zero-order chi connectivity index (χ0) is 15.8. The fourth-order valence-corrected chi connectivity index (χ4v) is 3.25. The predicted molar refractivity (Wildman–Crippen MR) is 85.0 cm³/mol. The summed E-state index contributed by atoms with van der Waals surface area (Å²) in [4.78, 5) is 25.1. The van der Waals surface area contributed by atoms with Crippen LogP contribution in [0.15, 0.2) is 60.7 Å². The summed E-state index contributed by atoms with van der Waals surface area (Å²) in [6.45, 7) is 0. The first-order valence-corrected chi connectivity index (χ1v) is 7.63. The predicted octanol–water partition coefficient (Wildman–Crippen LogP) is 3.39. The monoisotopic (exact) mass is 305 g/mol. The zero-order valence-corrected chi connectivity index (χ0v) is 12.4. The van der Waals surface area contributed by atoms with E-state index >= 15 is 0 Å². The molecule has 0 N–H and O–H groups in total. The number of imide groups is 1. The van der Waals surface area contributed by atoms with Gasteiger partial charge in [-0.1, -0.05) is 24.3 Å². The Hall–Kier alpha value is -2.88. The fourth-order valence-electron chi connectivity index (χ4n) is 3.25. The van der Waals surface area contributed by atoms with Gasteiger partial charge in [0.05, 0.1) is 6.04 Å². The zero-order valence-electron chi connectivity index (χ0n) is 12.4. The van der Waals surface area contributed by atoms with Crippen molar-refractivity contribution < 1.29 is 14.3 Å². The van der Waals surface area contributed by atoms with E-state index in [4.69, 9.17) is 4.74 Å². The second-order valence-corrected chi connectivity index (χ2v) is 5.71. The van der Waals surface area contributed by atoms with E-state index in [9.17, 15) is 9.59 Å². The summed E-state index contributed by atoms with van der Waals surface area (Å²) in [5.74, 6) is 1.11. The van der Waals surface area contributed by atoms with Crippen LogP contribution in [0.1, 0.15) is 23.6 Å². The first kappa shape index (κ1) is 13.8. The molecule has 2 aromatic carbocycles. The third-order valence-electron chi connectivity index (χ3n) is 4.29. The molecule has 1 atom stereocenters. The second kappa shape index (κ2) is 5.39. The highest BCUT2D eigenvalue weighted by Crippen LogP contribution is 2.39. The molecule has 4 heteroatoms. The second-order valence-electron chi connectivity index (χ2n) is 5.71. The van der Waals surface area contributed by atoms with Crippen LogP contribution < -0.4 is 4.74 Å². The van der Waals surface area contributed by atoms with E-state index in [-0.39, 0.29) is 17.9 Å². The third-order valence-corrected chi connectivity index (χ3v) is 4.29. The molecule has 4 nitrogen and oxygen atoms in total. The van der Waals surface area contributed by atoms with Gasteiger partial charge in [-0.2, -0.15) is 0 Å². The summed E-state index contributed by atoms with van der Waals surface area (Å²) < 4.78 is 5.85. The van der Waals surface area contributed by atoms with E-state index in [2.05, 4.69) is 0 Å². The Labute approximate surface area is 134 Å². The van der Waals surface area contributed by atoms with E-state index in [0.29, 0.717) is 0 Å². The molecule has 0 saturated carbocycles. The highest BCUT2D eigenvalue weighted by atomic mass is 16.5. The Morgan fingerprint density at radius 2 is 1.65 bits per heavy atom. The van der Waals surface area contributed by atoms with Crippen LogP contribution in [0.4, 0.5) is 0 Å². The first-order valence-electron chi connectivity index (χ1n) is 7.63. The van der Waals surface area contributed by atoms with Crippen molar-refractivity contribution in [3.05, 3.63) is 71.8 Å². The average molecular weight is 305 g/mol. The number of rotatable bonds is 3. The molecule has 0 spiro atoms. The van der Waals surface area contributed by atoms with E-state index in [0.717, 1.165) is 35.5 Å². The lowest BCUT2D eigenvalue weighted by molar-refractivity contribution is -0.139.